The van der Waals surface area contributed by atoms with Crippen molar-refractivity contribution in [2.45, 2.75) is 24.5 Å². The van der Waals surface area contributed by atoms with Gasteiger partial charge in [-0.05, 0) is 36.4 Å². The lowest BCUT2D eigenvalue weighted by Crippen LogP contribution is -2.41. The highest BCUT2D eigenvalue weighted by molar-refractivity contribution is 6.00. The molecule has 0 bridgehead atoms. The highest BCUT2D eigenvalue weighted by Gasteiger charge is 2.53. The van der Waals surface area contributed by atoms with Crippen LogP contribution >= 0.6 is 0 Å². The summed E-state index contributed by atoms with van der Waals surface area (Å²) in [6, 6.07) is 24.1. The van der Waals surface area contributed by atoms with E-state index >= 15 is 0 Å². The summed E-state index contributed by atoms with van der Waals surface area (Å²) >= 11 is 0. The predicted octanol–water partition coefficient (Wildman–Crippen LogP) is 3.06. The molecule has 5 rings (SSSR count). The van der Waals surface area contributed by atoms with Crippen molar-refractivity contribution in [3.8, 4) is 0 Å². The maximum absolute atomic E-state index is 13.3. The number of esters is 5. The highest BCUT2D eigenvalue weighted by Crippen LogP contribution is 2.35. The molecule has 14 heteroatoms. The molecular weight excluding hydrogens is 602 g/mol. The molecule has 46 heavy (non-hydrogen) atoms. The van der Waals surface area contributed by atoms with Gasteiger partial charge >= 0.3 is 29.8 Å². The molecule has 0 spiro atoms. The monoisotopic (exact) mass is 629 g/mol. The van der Waals surface area contributed by atoms with E-state index in [9.17, 15) is 24.0 Å². The summed E-state index contributed by atoms with van der Waals surface area (Å²) in [5.74, 6) is -4.34. The molecule has 236 valence electrons. The van der Waals surface area contributed by atoms with Gasteiger partial charge in [-0.3, -0.25) is 0 Å². The lowest BCUT2D eigenvalue weighted by atomic mass is 10.1. The average molecular weight is 630 g/mol. The van der Waals surface area contributed by atoms with Gasteiger partial charge < -0.3 is 28.4 Å². The van der Waals surface area contributed by atoms with E-state index in [4.69, 9.17) is 28.4 Å². The van der Waals surface area contributed by atoms with Crippen LogP contribution in [0, 0.1) is 0 Å². The molecule has 0 unspecified atom stereocenters. The Morgan fingerprint density at radius 1 is 0.609 bits per heavy atom. The van der Waals surface area contributed by atoms with Crippen LogP contribution in [0.5, 0.6) is 0 Å². The van der Waals surface area contributed by atoms with Gasteiger partial charge in [0.15, 0.2) is 12.2 Å². The molecule has 4 aromatic rings. The SMILES string of the molecule is COC(=O)c1nn([C@H]2O[C@@H](COC(=O)c3ccccc3)[C@H](OC(=O)c3ccccc3)[C@@H]2OC(=O)c2ccccc2)nc1C(=O)OC. The Balaban J connectivity index is 1.54. The second-order valence-electron chi connectivity index (χ2n) is 9.70. The van der Waals surface area contributed by atoms with Crippen LogP contribution in [0.3, 0.4) is 0 Å². The van der Waals surface area contributed by atoms with Crippen LogP contribution in [0.1, 0.15) is 58.3 Å². The number of hydrogen-bond acceptors (Lipinski definition) is 13. The molecule has 1 aromatic heterocycles. The summed E-state index contributed by atoms with van der Waals surface area (Å²) in [6.45, 7) is -0.467. The van der Waals surface area contributed by atoms with E-state index in [-0.39, 0.29) is 16.7 Å². The van der Waals surface area contributed by atoms with Crippen molar-refractivity contribution < 1.29 is 52.4 Å². The van der Waals surface area contributed by atoms with Crippen LogP contribution in [0.4, 0.5) is 0 Å². The van der Waals surface area contributed by atoms with Gasteiger partial charge in [0.1, 0.15) is 12.7 Å². The Labute approximate surface area is 261 Å². The molecule has 0 radical (unpaired) electrons. The molecule has 0 aliphatic carbocycles. The summed E-state index contributed by atoms with van der Waals surface area (Å²) in [7, 11) is 2.16. The van der Waals surface area contributed by atoms with Crippen molar-refractivity contribution in [1.29, 1.82) is 0 Å². The number of nitrogens with zero attached hydrogens (tertiary/aromatic N) is 3. The molecule has 1 aliphatic rings. The largest absolute Gasteiger partial charge is 0.464 e. The van der Waals surface area contributed by atoms with Gasteiger partial charge in [0.25, 0.3) is 0 Å². The fourth-order valence-electron chi connectivity index (χ4n) is 4.55. The molecule has 2 heterocycles. The van der Waals surface area contributed by atoms with Crippen LogP contribution < -0.4 is 0 Å². The van der Waals surface area contributed by atoms with E-state index in [0.29, 0.717) is 0 Å². The van der Waals surface area contributed by atoms with Gasteiger partial charge in [-0.1, -0.05) is 54.6 Å². The average Bonchev–Trinajstić information content (AvgIpc) is 3.69. The summed E-state index contributed by atoms with van der Waals surface area (Å²) in [5.41, 5.74) is -0.434. The van der Waals surface area contributed by atoms with Gasteiger partial charge in [0.2, 0.25) is 17.6 Å². The van der Waals surface area contributed by atoms with E-state index in [1.54, 1.807) is 66.7 Å². The maximum Gasteiger partial charge on any atom is 0.361 e. The van der Waals surface area contributed by atoms with Crippen molar-refractivity contribution in [1.82, 2.24) is 15.0 Å². The van der Waals surface area contributed by atoms with Crippen molar-refractivity contribution in [2.75, 3.05) is 20.8 Å². The summed E-state index contributed by atoms with van der Waals surface area (Å²) in [6.07, 6.45) is -5.62. The Morgan fingerprint density at radius 2 is 1.02 bits per heavy atom. The first-order valence-corrected chi connectivity index (χ1v) is 13.8. The number of carbonyl (C=O) groups excluding carboxylic acids is 5. The van der Waals surface area contributed by atoms with Crippen LogP contribution in [0.2, 0.25) is 0 Å². The maximum atomic E-state index is 13.3. The summed E-state index contributed by atoms with van der Waals surface area (Å²) in [5, 5.41) is 8.15. The first-order chi connectivity index (χ1) is 22.3. The number of methoxy groups -OCH3 is 2. The molecule has 1 aliphatic heterocycles. The lowest BCUT2D eigenvalue weighted by molar-refractivity contribution is -0.0734. The molecule has 14 nitrogen and oxygen atoms in total. The molecule has 0 amide bonds. The number of rotatable bonds is 10. The summed E-state index contributed by atoms with van der Waals surface area (Å²) < 4.78 is 32.8. The number of carbonyl (C=O) groups is 5. The Bertz CT molecular complexity index is 1680. The van der Waals surface area contributed by atoms with Crippen LogP contribution in [-0.2, 0) is 28.4 Å². The van der Waals surface area contributed by atoms with Crippen LogP contribution in [0.25, 0.3) is 0 Å². The molecule has 0 saturated carbocycles. The number of ether oxygens (including phenoxy) is 6. The van der Waals surface area contributed by atoms with Gasteiger partial charge in [-0.2, -0.15) is 0 Å². The molecule has 0 N–H and O–H groups in total. The minimum Gasteiger partial charge on any atom is -0.464 e. The van der Waals surface area contributed by atoms with Gasteiger partial charge in [-0.25, -0.2) is 24.0 Å². The van der Waals surface area contributed by atoms with Crippen molar-refractivity contribution in [3.05, 3.63) is 119 Å². The Kier molecular flexibility index (Phi) is 9.78. The zero-order valence-electron chi connectivity index (χ0n) is 24.5. The van der Waals surface area contributed by atoms with E-state index in [1.807, 2.05) is 0 Å². The third kappa shape index (κ3) is 6.92. The molecule has 1 fully saturated rings. The topological polar surface area (TPSA) is 171 Å². The van der Waals surface area contributed by atoms with Gasteiger partial charge in [0, 0.05) is 0 Å². The minimum atomic E-state index is -1.50. The normalized spacial score (nSPS) is 18.7. The van der Waals surface area contributed by atoms with E-state index < -0.39 is 72.4 Å². The minimum absolute atomic E-state index is 0.160. The molecule has 4 atom stereocenters. The lowest BCUT2D eigenvalue weighted by Gasteiger charge is -2.24. The molecule has 1 saturated heterocycles. The fourth-order valence-corrected chi connectivity index (χ4v) is 4.55. The standard InChI is InChI=1S/C32H27N3O11/c1-41-31(39)23-24(32(40)42-2)34-35(33-23)27-26(46-30(38)21-16-10-5-11-17-21)25(45-29(37)20-14-8-4-9-15-20)22(44-27)18-43-28(36)19-12-6-3-7-13-19/h3-17,22,25-27H,18H2,1-2H3/t22-,25-,26-,27-/m0/s1. The first kappa shape index (κ1) is 31.5. The van der Waals surface area contributed by atoms with Crippen LogP contribution in [0.15, 0.2) is 91.0 Å². The number of benzene rings is 3. The highest BCUT2D eigenvalue weighted by atomic mass is 16.7. The zero-order chi connectivity index (χ0) is 32.6. The number of aromatic nitrogens is 3. The summed E-state index contributed by atoms with van der Waals surface area (Å²) in [4.78, 5) is 65.2. The van der Waals surface area contributed by atoms with E-state index in [2.05, 4.69) is 10.2 Å². The molecular formula is C32H27N3O11. The smallest absolute Gasteiger partial charge is 0.361 e. The van der Waals surface area contributed by atoms with E-state index in [0.717, 1.165) is 19.0 Å². The van der Waals surface area contributed by atoms with Crippen molar-refractivity contribution in [3.63, 3.8) is 0 Å². The number of hydrogen-bond donors (Lipinski definition) is 0. The van der Waals surface area contributed by atoms with Crippen molar-refractivity contribution >= 4 is 29.8 Å². The Hall–Kier alpha value is -5.89. The van der Waals surface area contributed by atoms with Gasteiger partial charge in [-0.15, -0.1) is 15.0 Å². The second kappa shape index (κ2) is 14.3. The van der Waals surface area contributed by atoms with E-state index in [1.165, 1.54) is 24.3 Å². The zero-order valence-corrected chi connectivity index (χ0v) is 24.5. The second-order valence-corrected chi connectivity index (χ2v) is 9.70. The predicted molar refractivity (Wildman–Crippen MR) is 155 cm³/mol. The Morgan fingerprint density at radius 3 is 1.46 bits per heavy atom. The van der Waals surface area contributed by atoms with Crippen molar-refractivity contribution in [2.24, 2.45) is 0 Å². The first-order valence-electron chi connectivity index (χ1n) is 13.8. The van der Waals surface area contributed by atoms with Gasteiger partial charge in [0.05, 0.1) is 30.9 Å². The fraction of sp³-hybridized carbons (Fsp3) is 0.219. The molecule has 3 aromatic carbocycles. The van der Waals surface area contributed by atoms with Crippen LogP contribution in [-0.4, -0.2) is 84.0 Å². The quantitative estimate of drug-likeness (QED) is 0.185. The third-order valence-corrected chi connectivity index (χ3v) is 6.79. The third-order valence-electron chi connectivity index (χ3n) is 6.79.